The molecule has 0 amide bonds. The molecular weight excluding hydrogens is 432 g/mol. The molecule has 7 heteroatoms. The second kappa shape index (κ2) is 9.20. The van der Waals surface area contributed by atoms with Crippen molar-refractivity contribution in [3.05, 3.63) is 58.1 Å². The first-order valence-corrected chi connectivity index (χ1v) is 11.2. The van der Waals surface area contributed by atoms with Gasteiger partial charge < -0.3 is 14.6 Å². The van der Waals surface area contributed by atoms with Gasteiger partial charge in [-0.2, -0.15) is 0 Å². The molecule has 2 heterocycles. The largest absolute Gasteiger partial charge is 0.465 e. The molecule has 0 aromatic rings. The van der Waals surface area contributed by atoms with Crippen LogP contribution in [-0.4, -0.2) is 34.3 Å². The first-order valence-electron chi connectivity index (χ1n) is 10.8. The van der Waals surface area contributed by atoms with Gasteiger partial charge in [-0.05, 0) is 38.8 Å². The lowest BCUT2D eigenvalue weighted by Crippen LogP contribution is -2.48. The number of carbonyl (C=O) groups excluding carboxylic acids is 3. The Hall–Kier alpha value is -2.44. The van der Waals surface area contributed by atoms with E-state index < -0.39 is 41.1 Å². The number of rotatable bonds is 7. The molecule has 0 bridgehead atoms. The molecule has 0 radical (unpaired) electrons. The van der Waals surface area contributed by atoms with Crippen LogP contribution in [0.15, 0.2) is 58.1 Å². The van der Waals surface area contributed by atoms with Gasteiger partial charge in [0, 0.05) is 17.6 Å². The minimum absolute atomic E-state index is 0.0625. The molecule has 6 nitrogen and oxygen atoms in total. The minimum Gasteiger partial charge on any atom is -0.465 e. The summed E-state index contributed by atoms with van der Waals surface area (Å²) in [6, 6.07) is 0. The van der Waals surface area contributed by atoms with Crippen LogP contribution in [0.3, 0.4) is 0 Å². The summed E-state index contributed by atoms with van der Waals surface area (Å²) in [6.07, 6.45) is 8.83. The summed E-state index contributed by atoms with van der Waals surface area (Å²) in [6.45, 7) is 9.19. The predicted molar refractivity (Wildman–Crippen MR) is 120 cm³/mol. The third-order valence-electron chi connectivity index (χ3n) is 6.18. The first-order chi connectivity index (χ1) is 15.0. The zero-order chi connectivity index (χ0) is 23.8. The van der Waals surface area contributed by atoms with Gasteiger partial charge in [0.1, 0.15) is 17.5 Å². The average molecular weight is 461 g/mol. The lowest BCUT2D eigenvalue weighted by atomic mass is 9.67. The number of halogens is 1. The number of hydrogen-bond donors (Lipinski definition) is 1. The van der Waals surface area contributed by atoms with Gasteiger partial charge in [0.15, 0.2) is 5.60 Å². The zero-order valence-electron chi connectivity index (χ0n) is 19.0. The molecule has 32 heavy (non-hydrogen) atoms. The van der Waals surface area contributed by atoms with Crippen molar-refractivity contribution >= 4 is 29.1 Å². The van der Waals surface area contributed by atoms with Crippen molar-refractivity contribution in [1.82, 2.24) is 0 Å². The second-order valence-corrected chi connectivity index (χ2v) is 9.30. The average Bonchev–Trinajstić information content (AvgIpc) is 3.01. The fourth-order valence-corrected chi connectivity index (χ4v) is 4.69. The topological polar surface area (TPSA) is 89.9 Å². The third-order valence-corrected chi connectivity index (χ3v) is 6.56. The predicted octanol–water partition coefficient (Wildman–Crippen LogP) is 4.30. The fraction of sp³-hybridized carbons (Fsp3) is 0.480. The maximum Gasteiger partial charge on any atom is 0.318 e. The number of aliphatic hydroxyl groups excluding tert-OH is 1. The zero-order valence-corrected chi connectivity index (χ0v) is 19.7. The standard InChI is InChI=1S/C25H29ClO6/c1-6-13(2)9-14(3)7-8-16-11-17-18(12-31-16)21-20(19(28)10-15(4)27)24(30)32-25(21,5)23(29)22(17)26/h7-9,11-13,15,20-21,27H,6,10H2,1-5H3/b8-7+,14-9-/t13-,15+,20-,21-,25+/m1/s1. The number of ketones is 2. The summed E-state index contributed by atoms with van der Waals surface area (Å²) in [5, 5.41) is 9.57. The second-order valence-electron chi connectivity index (χ2n) is 8.93. The highest BCUT2D eigenvalue weighted by Crippen LogP contribution is 2.52. The number of hydrogen-bond acceptors (Lipinski definition) is 6. The maximum absolute atomic E-state index is 13.1. The Kier molecular flexibility index (Phi) is 6.96. The van der Waals surface area contributed by atoms with Gasteiger partial charge in [-0.3, -0.25) is 14.4 Å². The van der Waals surface area contributed by atoms with Gasteiger partial charge in [0.2, 0.25) is 5.78 Å². The summed E-state index contributed by atoms with van der Waals surface area (Å²) in [5.74, 6) is -2.97. The van der Waals surface area contributed by atoms with Crippen molar-refractivity contribution in [2.45, 2.75) is 59.2 Å². The van der Waals surface area contributed by atoms with Gasteiger partial charge in [-0.25, -0.2) is 0 Å². The van der Waals surface area contributed by atoms with Crippen LogP contribution in [0.4, 0.5) is 0 Å². The minimum atomic E-state index is -1.59. The number of Topliss-reactive ketones (excluding diaryl/α,β-unsaturated/α-hetero) is 2. The third kappa shape index (κ3) is 4.39. The van der Waals surface area contributed by atoms with Gasteiger partial charge in [-0.1, -0.05) is 49.6 Å². The molecule has 1 saturated heterocycles. The first kappa shape index (κ1) is 24.2. The van der Waals surface area contributed by atoms with E-state index in [0.717, 1.165) is 12.0 Å². The van der Waals surface area contributed by atoms with E-state index in [0.29, 0.717) is 22.8 Å². The SMILES string of the molecule is CC[C@@H](C)/C=C(C)\C=C\C1=CC2=C(Cl)C(=O)[C@@]3(C)OC(=O)[C@H](C(=O)C[C@H](C)O)[C@H]3C2=CO1. The van der Waals surface area contributed by atoms with Crippen molar-refractivity contribution in [2.24, 2.45) is 17.8 Å². The van der Waals surface area contributed by atoms with Gasteiger partial charge in [0.05, 0.1) is 23.3 Å². The number of allylic oxidation sites excluding steroid dienone is 6. The van der Waals surface area contributed by atoms with E-state index in [1.54, 1.807) is 12.2 Å². The Bertz CT molecular complexity index is 996. The van der Waals surface area contributed by atoms with Crippen molar-refractivity contribution in [2.75, 3.05) is 0 Å². The number of fused-ring (bicyclic) bond motifs is 3. The molecule has 1 aliphatic carbocycles. The highest BCUT2D eigenvalue weighted by Gasteiger charge is 2.64. The Morgan fingerprint density at radius 1 is 1.34 bits per heavy atom. The number of esters is 1. The number of carbonyl (C=O) groups is 3. The van der Waals surface area contributed by atoms with Crippen LogP contribution in [0.1, 0.15) is 47.5 Å². The Morgan fingerprint density at radius 3 is 2.66 bits per heavy atom. The molecule has 2 aliphatic heterocycles. The van der Waals surface area contributed by atoms with Crippen molar-refractivity contribution < 1.29 is 29.0 Å². The molecule has 0 unspecified atom stereocenters. The molecular formula is C25H29ClO6. The molecule has 5 atom stereocenters. The molecule has 0 spiro atoms. The van der Waals surface area contributed by atoms with Crippen LogP contribution in [0.25, 0.3) is 0 Å². The van der Waals surface area contributed by atoms with E-state index in [4.69, 9.17) is 21.1 Å². The summed E-state index contributed by atoms with van der Waals surface area (Å²) in [4.78, 5) is 38.5. The van der Waals surface area contributed by atoms with E-state index in [2.05, 4.69) is 19.9 Å². The van der Waals surface area contributed by atoms with Crippen LogP contribution < -0.4 is 0 Å². The Morgan fingerprint density at radius 2 is 2.03 bits per heavy atom. The summed E-state index contributed by atoms with van der Waals surface area (Å²) in [7, 11) is 0. The number of aliphatic hydroxyl groups is 1. The van der Waals surface area contributed by atoms with Crippen LogP contribution in [0.2, 0.25) is 0 Å². The van der Waals surface area contributed by atoms with Gasteiger partial charge in [-0.15, -0.1) is 0 Å². The quantitative estimate of drug-likeness (QED) is 0.346. The molecule has 172 valence electrons. The molecule has 3 rings (SSSR count). The summed E-state index contributed by atoms with van der Waals surface area (Å²) < 4.78 is 11.2. The van der Waals surface area contributed by atoms with Crippen LogP contribution in [0, 0.1) is 17.8 Å². The lowest BCUT2D eigenvalue weighted by molar-refractivity contribution is -0.156. The molecule has 0 aromatic carbocycles. The van der Waals surface area contributed by atoms with E-state index in [1.165, 1.54) is 20.1 Å². The highest BCUT2D eigenvalue weighted by atomic mass is 35.5. The summed E-state index contributed by atoms with van der Waals surface area (Å²) in [5.41, 5.74) is 0.366. The molecule has 1 fully saturated rings. The van der Waals surface area contributed by atoms with Crippen molar-refractivity contribution in [1.29, 1.82) is 0 Å². The molecule has 0 saturated carbocycles. The Balaban J connectivity index is 1.97. The van der Waals surface area contributed by atoms with Crippen molar-refractivity contribution in [3.8, 4) is 0 Å². The van der Waals surface area contributed by atoms with E-state index in [-0.39, 0.29) is 11.5 Å². The highest BCUT2D eigenvalue weighted by molar-refractivity contribution is 6.45. The van der Waals surface area contributed by atoms with E-state index in [9.17, 15) is 19.5 Å². The van der Waals surface area contributed by atoms with Crippen LogP contribution in [0.5, 0.6) is 0 Å². The monoisotopic (exact) mass is 460 g/mol. The maximum atomic E-state index is 13.1. The van der Waals surface area contributed by atoms with E-state index >= 15 is 0 Å². The molecule has 0 aromatic heterocycles. The number of ether oxygens (including phenoxy) is 2. The Labute approximate surface area is 193 Å². The van der Waals surface area contributed by atoms with Crippen molar-refractivity contribution in [3.63, 3.8) is 0 Å². The van der Waals surface area contributed by atoms with Gasteiger partial charge >= 0.3 is 5.97 Å². The summed E-state index contributed by atoms with van der Waals surface area (Å²) >= 11 is 6.41. The van der Waals surface area contributed by atoms with Gasteiger partial charge in [0.25, 0.3) is 0 Å². The fourth-order valence-electron chi connectivity index (χ4n) is 4.34. The lowest BCUT2D eigenvalue weighted by Gasteiger charge is -2.36. The molecule has 3 aliphatic rings. The van der Waals surface area contributed by atoms with E-state index in [1.807, 2.05) is 13.0 Å². The van der Waals surface area contributed by atoms with Crippen LogP contribution >= 0.6 is 11.6 Å². The van der Waals surface area contributed by atoms with Crippen LogP contribution in [-0.2, 0) is 23.9 Å². The molecule has 1 N–H and O–H groups in total. The smallest absolute Gasteiger partial charge is 0.318 e. The normalized spacial score (nSPS) is 29.7.